The molecule has 1 aromatic heterocycles. The van der Waals surface area contributed by atoms with E-state index in [-0.39, 0.29) is 29.4 Å². The molecule has 5 N–H and O–H groups in total. The average molecular weight is 497 g/mol. The van der Waals surface area contributed by atoms with Crippen LogP contribution in [0.5, 0.6) is 5.75 Å². The number of Topliss-reactive ketones (excluding diaryl/α,β-unsaturated/α-hetero) is 1. The van der Waals surface area contributed by atoms with Gasteiger partial charge in [-0.25, -0.2) is 0 Å². The van der Waals surface area contributed by atoms with Crippen molar-refractivity contribution in [3.05, 3.63) is 30.0 Å². The topological polar surface area (TPSA) is 155 Å². The van der Waals surface area contributed by atoms with Crippen LogP contribution in [-0.2, 0) is 14.4 Å². The highest BCUT2D eigenvalue weighted by atomic mass is 16.5. The number of piperidine rings is 1. The second-order valence-corrected chi connectivity index (χ2v) is 10.4. The number of rotatable bonds is 8. The number of hydrogen-bond donors (Lipinski definition) is 4. The van der Waals surface area contributed by atoms with Gasteiger partial charge in [0.1, 0.15) is 24.1 Å². The number of amides is 3. The Morgan fingerprint density at radius 2 is 2.11 bits per heavy atom. The van der Waals surface area contributed by atoms with E-state index in [4.69, 9.17) is 10.5 Å². The fourth-order valence-corrected chi connectivity index (χ4v) is 6.42. The maximum atomic E-state index is 13.6. The molecule has 10 heteroatoms. The number of likely N-dealkylation sites (tertiary alicyclic amines) is 1. The van der Waals surface area contributed by atoms with Crippen molar-refractivity contribution in [1.82, 2.24) is 15.2 Å². The summed E-state index contributed by atoms with van der Waals surface area (Å²) < 4.78 is 5.39. The molecule has 36 heavy (non-hydrogen) atoms. The van der Waals surface area contributed by atoms with Crippen molar-refractivity contribution < 1.29 is 29.0 Å². The van der Waals surface area contributed by atoms with E-state index < -0.39 is 29.9 Å². The molecule has 5 rings (SSSR count). The third-order valence-electron chi connectivity index (χ3n) is 8.37. The van der Waals surface area contributed by atoms with Gasteiger partial charge in [-0.15, -0.1) is 0 Å². The number of H-pyrrole nitrogens is 1. The molecule has 2 aromatic rings. The third-order valence-corrected chi connectivity index (χ3v) is 8.37. The Balaban J connectivity index is 1.38. The number of ether oxygens (including phenoxy) is 1. The van der Waals surface area contributed by atoms with Crippen LogP contribution in [0, 0.1) is 23.2 Å². The number of carbonyl (C=O) groups excluding carboxylic acids is 4. The Labute approximate surface area is 208 Å². The van der Waals surface area contributed by atoms with Crippen LogP contribution in [-0.4, -0.2) is 71.3 Å². The number of aliphatic hydroxyl groups excluding tert-OH is 1. The number of primary amides is 1. The Morgan fingerprint density at radius 3 is 2.81 bits per heavy atom. The van der Waals surface area contributed by atoms with Crippen LogP contribution in [0.1, 0.15) is 42.6 Å². The Kier molecular flexibility index (Phi) is 6.23. The fraction of sp³-hybridized carbons (Fsp3) is 0.538. The minimum atomic E-state index is -0.793. The van der Waals surface area contributed by atoms with Crippen LogP contribution < -0.4 is 15.8 Å². The van der Waals surface area contributed by atoms with Crippen molar-refractivity contribution >= 4 is 34.4 Å². The molecule has 3 heterocycles. The second kappa shape index (κ2) is 9.24. The lowest BCUT2D eigenvalue weighted by Crippen LogP contribution is -2.43. The normalized spacial score (nSPS) is 28.2. The smallest absolute Gasteiger partial charge is 0.271 e. The number of nitrogens with zero attached hydrogens (tertiary/aromatic N) is 1. The molecule has 1 saturated carbocycles. The molecule has 1 spiro atoms. The number of nitrogens with two attached hydrogens (primary N) is 1. The quantitative estimate of drug-likeness (QED) is 0.427. The number of ketones is 1. The van der Waals surface area contributed by atoms with Crippen LogP contribution in [0.4, 0.5) is 0 Å². The lowest BCUT2D eigenvalue weighted by atomic mass is 9.81. The second-order valence-electron chi connectivity index (χ2n) is 10.4. The highest BCUT2D eigenvalue weighted by Crippen LogP contribution is 2.64. The van der Waals surface area contributed by atoms with E-state index in [1.807, 2.05) is 12.1 Å². The molecule has 0 bridgehead atoms. The molecule has 5 atom stereocenters. The van der Waals surface area contributed by atoms with Crippen LogP contribution in [0.15, 0.2) is 24.3 Å². The number of aromatic nitrogens is 1. The molecule has 192 valence electrons. The summed E-state index contributed by atoms with van der Waals surface area (Å²) in [6.07, 6.45) is 2.95. The summed E-state index contributed by atoms with van der Waals surface area (Å²) in [5.74, 6) is -1.53. The number of hydrogen-bond acceptors (Lipinski definition) is 6. The molecule has 10 nitrogen and oxygen atoms in total. The van der Waals surface area contributed by atoms with Gasteiger partial charge >= 0.3 is 0 Å². The van der Waals surface area contributed by atoms with Crippen molar-refractivity contribution in [1.29, 1.82) is 0 Å². The minimum Gasteiger partial charge on any atom is -0.496 e. The summed E-state index contributed by atoms with van der Waals surface area (Å²) in [6, 6.07) is 6.39. The number of aliphatic hydroxyl groups is 1. The fourth-order valence-electron chi connectivity index (χ4n) is 6.42. The number of carbonyl (C=O) groups is 4. The monoisotopic (exact) mass is 496 g/mol. The van der Waals surface area contributed by atoms with E-state index in [9.17, 15) is 24.3 Å². The van der Waals surface area contributed by atoms with Gasteiger partial charge in [-0.2, -0.15) is 0 Å². The molecule has 1 aromatic carbocycles. The minimum absolute atomic E-state index is 0.0563. The van der Waals surface area contributed by atoms with Crippen molar-refractivity contribution in [3.8, 4) is 5.75 Å². The van der Waals surface area contributed by atoms with Gasteiger partial charge in [0.25, 0.3) is 5.91 Å². The van der Waals surface area contributed by atoms with Gasteiger partial charge in [0.15, 0.2) is 5.78 Å². The summed E-state index contributed by atoms with van der Waals surface area (Å²) in [5.41, 5.74) is 6.37. The summed E-state index contributed by atoms with van der Waals surface area (Å²) in [4.78, 5) is 55.7. The predicted molar refractivity (Wildman–Crippen MR) is 130 cm³/mol. The molecule has 3 fully saturated rings. The largest absolute Gasteiger partial charge is 0.496 e. The van der Waals surface area contributed by atoms with Gasteiger partial charge in [0, 0.05) is 35.8 Å². The van der Waals surface area contributed by atoms with Gasteiger partial charge in [-0.05, 0) is 61.6 Å². The lowest BCUT2D eigenvalue weighted by molar-refractivity contribution is -0.130. The van der Waals surface area contributed by atoms with Crippen LogP contribution in [0.2, 0.25) is 0 Å². The number of nitrogens with one attached hydrogen (secondary N) is 2. The van der Waals surface area contributed by atoms with Crippen molar-refractivity contribution in [2.24, 2.45) is 28.9 Å². The molecule has 2 aliphatic heterocycles. The first kappa shape index (κ1) is 24.3. The summed E-state index contributed by atoms with van der Waals surface area (Å²) in [7, 11) is 1.56. The molecule has 3 amide bonds. The highest BCUT2D eigenvalue weighted by molar-refractivity contribution is 6.01. The van der Waals surface area contributed by atoms with E-state index >= 15 is 0 Å². The van der Waals surface area contributed by atoms with E-state index in [1.165, 1.54) is 4.90 Å². The van der Waals surface area contributed by atoms with Crippen LogP contribution >= 0.6 is 0 Å². The molecule has 1 aliphatic carbocycles. The van der Waals surface area contributed by atoms with Crippen molar-refractivity contribution in [3.63, 3.8) is 0 Å². The van der Waals surface area contributed by atoms with Crippen LogP contribution in [0.25, 0.3) is 10.9 Å². The van der Waals surface area contributed by atoms with Gasteiger partial charge in [-0.3, -0.25) is 19.2 Å². The highest BCUT2D eigenvalue weighted by Gasteiger charge is 2.65. The van der Waals surface area contributed by atoms with E-state index in [0.29, 0.717) is 50.2 Å². The van der Waals surface area contributed by atoms with E-state index in [0.717, 1.165) is 17.3 Å². The van der Waals surface area contributed by atoms with Gasteiger partial charge in [-0.1, -0.05) is 6.07 Å². The first-order chi connectivity index (χ1) is 17.3. The van der Waals surface area contributed by atoms with Gasteiger partial charge < -0.3 is 30.8 Å². The maximum Gasteiger partial charge on any atom is 0.271 e. The standard InChI is InChI=1S/C26H32N4O6/c1-36-22-6-2-5-18-16(22)9-19(29-18)25(35)30-13-26(11-20(30)23(27)33)10-17(26)15(21(32)12-31)8-14-4-3-7-28-24(14)34/h2,5-6,9,14-15,17,20,29,31H,3-4,7-8,10-13H2,1H3,(H2,27,33)(H,28,34)/t14-,15-,17?,20?,26?/m0/s1. The van der Waals surface area contributed by atoms with Gasteiger partial charge in [0.05, 0.1) is 7.11 Å². The molecule has 3 unspecified atom stereocenters. The molecule has 2 saturated heterocycles. The number of benzene rings is 1. The Morgan fingerprint density at radius 1 is 1.31 bits per heavy atom. The van der Waals surface area contributed by atoms with E-state index in [2.05, 4.69) is 10.3 Å². The number of aromatic amines is 1. The van der Waals surface area contributed by atoms with Gasteiger partial charge in [0.2, 0.25) is 11.8 Å². The summed E-state index contributed by atoms with van der Waals surface area (Å²) in [5, 5.41) is 13.3. The predicted octanol–water partition coefficient (Wildman–Crippen LogP) is 0.977. The SMILES string of the molecule is COc1cccc2[nH]c(C(=O)N3CC4(CC3C(N)=O)CC4[C@H](C[C@@H]3CCCNC3=O)C(=O)CO)cc12. The molecular weight excluding hydrogens is 464 g/mol. The number of methoxy groups -OCH3 is 1. The first-order valence-corrected chi connectivity index (χ1v) is 12.5. The lowest BCUT2D eigenvalue weighted by Gasteiger charge is -2.26. The zero-order chi connectivity index (χ0) is 25.6. The molecule has 3 aliphatic rings. The third kappa shape index (κ3) is 4.13. The Hall–Kier alpha value is -3.40. The Bertz CT molecular complexity index is 1220. The summed E-state index contributed by atoms with van der Waals surface area (Å²) >= 11 is 0. The molecule has 0 radical (unpaired) electrons. The van der Waals surface area contributed by atoms with Crippen LogP contribution in [0.3, 0.4) is 0 Å². The molecular formula is C26H32N4O6. The summed E-state index contributed by atoms with van der Waals surface area (Å²) in [6.45, 7) is 0.339. The first-order valence-electron chi connectivity index (χ1n) is 12.5. The van der Waals surface area contributed by atoms with E-state index in [1.54, 1.807) is 19.2 Å². The van der Waals surface area contributed by atoms with Crippen molar-refractivity contribution in [2.75, 3.05) is 26.8 Å². The zero-order valence-electron chi connectivity index (χ0n) is 20.3. The van der Waals surface area contributed by atoms with Crippen molar-refractivity contribution in [2.45, 2.75) is 38.1 Å². The average Bonchev–Trinajstić information content (AvgIpc) is 3.19. The maximum absolute atomic E-state index is 13.6. The zero-order valence-corrected chi connectivity index (χ0v) is 20.3. The number of fused-ring (bicyclic) bond motifs is 1.